The first-order valence-corrected chi connectivity index (χ1v) is 6.75. The van der Waals surface area contributed by atoms with Crippen molar-refractivity contribution < 1.29 is 4.74 Å². The summed E-state index contributed by atoms with van der Waals surface area (Å²) in [5.74, 6) is 0.654. The summed E-state index contributed by atoms with van der Waals surface area (Å²) in [5, 5.41) is 4.95. The molecule has 0 saturated heterocycles. The van der Waals surface area contributed by atoms with Gasteiger partial charge in [-0.2, -0.15) is 0 Å². The number of methoxy groups -OCH3 is 1. The van der Waals surface area contributed by atoms with Gasteiger partial charge in [0.25, 0.3) is 0 Å². The van der Waals surface area contributed by atoms with Crippen molar-refractivity contribution in [1.82, 2.24) is 0 Å². The maximum Gasteiger partial charge on any atom is 0.137 e. The monoisotopic (exact) mass is 315 g/mol. The smallest absolute Gasteiger partial charge is 0.137 e. The zero-order valence-electron chi connectivity index (χ0n) is 10.2. The quantitative estimate of drug-likeness (QED) is 0.830. The standard InChI is InChI=1S/C14H12Cl3NO/c1-19-13-6-5-9(7-12(13)17)8-18-14-10(15)3-2-4-11(14)16/h2-7,18H,8H2,1H3. The van der Waals surface area contributed by atoms with Gasteiger partial charge in [-0.15, -0.1) is 0 Å². The summed E-state index contributed by atoms with van der Waals surface area (Å²) in [4.78, 5) is 0. The van der Waals surface area contributed by atoms with Crippen LogP contribution in [0.2, 0.25) is 15.1 Å². The maximum atomic E-state index is 6.08. The molecule has 0 aliphatic carbocycles. The minimum atomic E-state index is 0.576. The molecule has 0 saturated carbocycles. The van der Waals surface area contributed by atoms with Gasteiger partial charge >= 0.3 is 0 Å². The number of hydrogen-bond acceptors (Lipinski definition) is 2. The minimum absolute atomic E-state index is 0.576. The molecule has 0 heterocycles. The third kappa shape index (κ3) is 3.47. The van der Waals surface area contributed by atoms with Crippen molar-refractivity contribution in [3.05, 3.63) is 57.0 Å². The Morgan fingerprint density at radius 3 is 2.26 bits per heavy atom. The van der Waals surface area contributed by atoms with Crippen molar-refractivity contribution in [3.8, 4) is 5.75 Å². The van der Waals surface area contributed by atoms with E-state index in [0.717, 1.165) is 11.3 Å². The van der Waals surface area contributed by atoms with Crippen molar-refractivity contribution in [3.63, 3.8) is 0 Å². The molecule has 0 amide bonds. The van der Waals surface area contributed by atoms with Crippen LogP contribution in [0.25, 0.3) is 0 Å². The highest BCUT2D eigenvalue weighted by molar-refractivity contribution is 6.39. The molecular formula is C14H12Cl3NO. The molecule has 0 spiro atoms. The summed E-state index contributed by atoms with van der Waals surface area (Å²) in [6.45, 7) is 0.577. The van der Waals surface area contributed by atoms with Gasteiger partial charge in [0.1, 0.15) is 5.75 Å². The van der Waals surface area contributed by atoms with Crippen LogP contribution in [-0.4, -0.2) is 7.11 Å². The summed E-state index contributed by atoms with van der Waals surface area (Å²) in [7, 11) is 1.59. The molecule has 2 rings (SSSR count). The fraction of sp³-hybridized carbons (Fsp3) is 0.143. The van der Waals surface area contributed by atoms with Crippen LogP contribution >= 0.6 is 34.8 Å². The van der Waals surface area contributed by atoms with Crippen LogP contribution in [0.4, 0.5) is 5.69 Å². The molecule has 0 bridgehead atoms. The fourth-order valence-electron chi connectivity index (χ4n) is 1.68. The number of benzene rings is 2. The van der Waals surface area contributed by atoms with Gasteiger partial charge in [0.05, 0.1) is 27.9 Å². The summed E-state index contributed by atoms with van der Waals surface area (Å²) >= 11 is 18.2. The highest BCUT2D eigenvalue weighted by Gasteiger charge is 2.06. The number of hydrogen-bond donors (Lipinski definition) is 1. The summed E-state index contributed by atoms with van der Waals surface area (Å²) in [6.07, 6.45) is 0. The number of ether oxygens (including phenoxy) is 1. The first-order chi connectivity index (χ1) is 9.11. The molecular weight excluding hydrogens is 305 g/mol. The van der Waals surface area contributed by atoms with E-state index in [4.69, 9.17) is 39.5 Å². The molecule has 2 nitrogen and oxygen atoms in total. The topological polar surface area (TPSA) is 21.3 Å². The molecule has 19 heavy (non-hydrogen) atoms. The van der Waals surface area contributed by atoms with Crippen LogP contribution in [0, 0.1) is 0 Å². The third-order valence-electron chi connectivity index (χ3n) is 2.65. The highest BCUT2D eigenvalue weighted by atomic mass is 35.5. The number of halogens is 3. The second-order valence-electron chi connectivity index (χ2n) is 3.92. The molecule has 0 unspecified atom stereocenters. The van der Waals surface area contributed by atoms with Gasteiger partial charge in [0.15, 0.2) is 0 Å². The molecule has 0 fully saturated rings. The number of para-hydroxylation sites is 1. The first kappa shape index (κ1) is 14.3. The number of rotatable bonds is 4. The second kappa shape index (κ2) is 6.38. The predicted molar refractivity (Wildman–Crippen MR) is 81.8 cm³/mol. The van der Waals surface area contributed by atoms with Gasteiger partial charge in [-0.1, -0.05) is 46.9 Å². The zero-order valence-corrected chi connectivity index (χ0v) is 12.5. The van der Waals surface area contributed by atoms with Crippen molar-refractivity contribution in [2.24, 2.45) is 0 Å². The third-order valence-corrected chi connectivity index (χ3v) is 3.57. The van der Waals surface area contributed by atoms with Crippen molar-refractivity contribution in [1.29, 1.82) is 0 Å². The van der Waals surface area contributed by atoms with Gasteiger partial charge in [-0.25, -0.2) is 0 Å². The summed E-state index contributed by atoms with van der Waals surface area (Å²) in [6, 6.07) is 11.0. The van der Waals surface area contributed by atoms with E-state index in [0.29, 0.717) is 27.4 Å². The summed E-state index contributed by atoms with van der Waals surface area (Å²) < 4.78 is 5.11. The molecule has 2 aromatic carbocycles. The van der Waals surface area contributed by atoms with Crippen molar-refractivity contribution in [2.75, 3.05) is 12.4 Å². The lowest BCUT2D eigenvalue weighted by Gasteiger charge is -2.11. The van der Waals surface area contributed by atoms with E-state index in [1.165, 1.54) is 0 Å². The van der Waals surface area contributed by atoms with Gasteiger partial charge in [-0.05, 0) is 29.8 Å². The van der Waals surface area contributed by atoms with Crippen LogP contribution in [0.1, 0.15) is 5.56 Å². The molecule has 0 radical (unpaired) electrons. The molecule has 1 N–H and O–H groups in total. The van der Waals surface area contributed by atoms with E-state index >= 15 is 0 Å². The lowest BCUT2D eigenvalue weighted by Crippen LogP contribution is -2.01. The van der Waals surface area contributed by atoms with Crippen molar-refractivity contribution >= 4 is 40.5 Å². The Hall–Kier alpha value is -1.09. The average Bonchev–Trinajstić information content (AvgIpc) is 2.38. The van der Waals surface area contributed by atoms with Crippen LogP contribution in [-0.2, 0) is 6.54 Å². The molecule has 100 valence electrons. The van der Waals surface area contributed by atoms with Gasteiger partial charge < -0.3 is 10.1 Å². The van der Waals surface area contributed by atoms with Crippen LogP contribution in [0.3, 0.4) is 0 Å². The highest BCUT2D eigenvalue weighted by Crippen LogP contribution is 2.31. The van der Waals surface area contributed by atoms with E-state index in [1.807, 2.05) is 18.2 Å². The van der Waals surface area contributed by atoms with E-state index in [9.17, 15) is 0 Å². The molecule has 0 aliphatic rings. The molecule has 0 aliphatic heterocycles. The Kier molecular flexibility index (Phi) is 4.81. The van der Waals surface area contributed by atoms with E-state index in [2.05, 4.69) is 5.32 Å². The van der Waals surface area contributed by atoms with Crippen LogP contribution in [0.15, 0.2) is 36.4 Å². The fourth-order valence-corrected chi connectivity index (χ4v) is 2.49. The Morgan fingerprint density at radius 1 is 1.00 bits per heavy atom. The number of nitrogens with one attached hydrogen (secondary N) is 1. The Balaban J connectivity index is 2.13. The predicted octanol–water partition coefficient (Wildman–Crippen LogP) is 5.27. The molecule has 2 aromatic rings. The van der Waals surface area contributed by atoms with Crippen LogP contribution in [0.5, 0.6) is 5.75 Å². The van der Waals surface area contributed by atoms with E-state index < -0.39 is 0 Å². The second-order valence-corrected chi connectivity index (χ2v) is 5.14. The number of anilines is 1. The lowest BCUT2D eigenvalue weighted by molar-refractivity contribution is 0.415. The van der Waals surface area contributed by atoms with E-state index in [1.54, 1.807) is 25.3 Å². The normalized spacial score (nSPS) is 10.3. The summed E-state index contributed by atoms with van der Waals surface area (Å²) in [5.41, 5.74) is 1.74. The average molecular weight is 317 g/mol. The maximum absolute atomic E-state index is 6.08. The first-order valence-electron chi connectivity index (χ1n) is 5.62. The zero-order chi connectivity index (χ0) is 13.8. The Bertz CT molecular complexity index is 567. The molecule has 0 atom stereocenters. The molecule has 5 heteroatoms. The van der Waals surface area contributed by atoms with Crippen LogP contribution < -0.4 is 10.1 Å². The van der Waals surface area contributed by atoms with Gasteiger partial charge in [0.2, 0.25) is 0 Å². The Labute approximate surface area is 127 Å². The minimum Gasteiger partial charge on any atom is -0.495 e. The van der Waals surface area contributed by atoms with Gasteiger partial charge in [-0.3, -0.25) is 0 Å². The lowest BCUT2D eigenvalue weighted by atomic mass is 10.2. The Morgan fingerprint density at radius 2 is 1.68 bits per heavy atom. The van der Waals surface area contributed by atoms with Crippen molar-refractivity contribution in [2.45, 2.75) is 6.54 Å². The van der Waals surface area contributed by atoms with E-state index in [-0.39, 0.29) is 0 Å². The molecule has 0 aromatic heterocycles. The SMILES string of the molecule is COc1ccc(CNc2c(Cl)cccc2Cl)cc1Cl. The largest absolute Gasteiger partial charge is 0.495 e. The van der Waals surface area contributed by atoms with Gasteiger partial charge in [0, 0.05) is 6.54 Å².